The summed E-state index contributed by atoms with van der Waals surface area (Å²) >= 11 is 0. The SMILES string of the molecule is CCNCCOc1ccc(S(=O)(=O)NC2CC2C)cc1. The molecule has 0 spiro atoms. The largest absolute Gasteiger partial charge is 0.492 e. The zero-order valence-corrected chi connectivity index (χ0v) is 12.7. The number of hydrogen-bond acceptors (Lipinski definition) is 4. The molecule has 6 heteroatoms. The molecule has 1 aliphatic carbocycles. The molecule has 1 aromatic rings. The normalized spacial score (nSPS) is 21.7. The van der Waals surface area contributed by atoms with Crippen LogP contribution in [0, 0.1) is 5.92 Å². The fourth-order valence-corrected chi connectivity index (χ4v) is 3.24. The topological polar surface area (TPSA) is 67.4 Å². The maximum Gasteiger partial charge on any atom is 0.240 e. The minimum Gasteiger partial charge on any atom is -0.492 e. The summed E-state index contributed by atoms with van der Waals surface area (Å²) in [4.78, 5) is 0.288. The van der Waals surface area contributed by atoms with Gasteiger partial charge in [-0.15, -0.1) is 0 Å². The molecular weight excluding hydrogens is 276 g/mol. The van der Waals surface area contributed by atoms with Crippen molar-refractivity contribution in [1.82, 2.24) is 10.0 Å². The summed E-state index contributed by atoms with van der Waals surface area (Å²) in [6.07, 6.45) is 0.921. The molecule has 0 bridgehead atoms. The third-order valence-corrected chi connectivity index (χ3v) is 4.85. The molecule has 1 saturated carbocycles. The van der Waals surface area contributed by atoms with Crippen molar-refractivity contribution >= 4 is 10.0 Å². The van der Waals surface area contributed by atoms with Gasteiger partial charge in [-0.3, -0.25) is 0 Å². The molecule has 0 saturated heterocycles. The maximum absolute atomic E-state index is 12.1. The van der Waals surface area contributed by atoms with Crippen molar-refractivity contribution in [3.05, 3.63) is 24.3 Å². The van der Waals surface area contributed by atoms with E-state index >= 15 is 0 Å². The van der Waals surface area contributed by atoms with Gasteiger partial charge in [-0.2, -0.15) is 0 Å². The number of rotatable bonds is 8. The number of benzene rings is 1. The van der Waals surface area contributed by atoms with Gasteiger partial charge in [0.1, 0.15) is 12.4 Å². The molecule has 0 amide bonds. The van der Waals surface area contributed by atoms with Crippen LogP contribution in [0.15, 0.2) is 29.2 Å². The summed E-state index contributed by atoms with van der Waals surface area (Å²) in [6.45, 7) is 6.32. The predicted molar refractivity (Wildman–Crippen MR) is 78.4 cm³/mol. The van der Waals surface area contributed by atoms with Crippen LogP contribution < -0.4 is 14.8 Å². The van der Waals surface area contributed by atoms with Crippen LogP contribution >= 0.6 is 0 Å². The van der Waals surface area contributed by atoms with Crippen molar-refractivity contribution in [3.8, 4) is 5.75 Å². The molecule has 2 rings (SSSR count). The van der Waals surface area contributed by atoms with Crippen LogP contribution in [0.2, 0.25) is 0 Å². The number of hydrogen-bond donors (Lipinski definition) is 2. The van der Waals surface area contributed by atoms with Crippen LogP contribution in [-0.2, 0) is 10.0 Å². The van der Waals surface area contributed by atoms with Crippen molar-refractivity contribution in [3.63, 3.8) is 0 Å². The first-order valence-electron chi connectivity index (χ1n) is 6.99. The lowest BCUT2D eigenvalue weighted by molar-refractivity contribution is 0.315. The van der Waals surface area contributed by atoms with E-state index in [9.17, 15) is 8.42 Å². The summed E-state index contributed by atoms with van der Waals surface area (Å²) in [5.74, 6) is 1.13. The Bertz CT molecular complexity index is 528. The highest BCUT2D eigenvalue weighted by atomic mass is 32.2. The summed E-state index contributed by atoms with van der Waals surface area (Å²) in [5, 5.41) is 3.16. The van der Waals surface area contributed by atoms with E-state index in [0.29, 0.717) is 18.3 Å². The lowest BCUT2D eigenvalue weighted by Gasteiger charge is -2.09. The monoisotopic (exact) mass is 298 g/mol. The van der Waals surface area contributed by atoms with Crippen molar-refractivity contribution in [2.24, 2.45) is 5.92 Å². The molecule has 0 heterocycles. The molecular formula is C14H22N2O3S. The molecule has 5 nitrogen and oxygen atoms in total. The van der Waals surface area contributed by atoms with Gasteiger partial charge in [0.05, 0.1) is 4.90 Å². The Morgan fingerprint density at radius 1 is 1.30 bits per heavy atom. The standard InChI is InChI=1S/C14H22N2O3S/c1-3-15-8-9-19-12-4-6-13(7-5-12)20(17,18)16-14-10-11(14)2/h4-7,11,14-16H,3,8-10H2,1-2H3. The molecule has 2 unspecified atom stereocenters. The van der Waals surface area contributed by atoms with E-state index in [2.05, 4.69) is 10.0 Å². The number of nitrogens with one attached hydrogen (secondary N) is 2. The fraction of sp³-hybridized carbons (Fsp3) is 0.571. The third-order valence-electron chi connectivity index (χ3n) is 3.35. The average Bonchev–Trinajstić information content (AvgIpc) is 3.10. The van der Waals surface area contributed by atoms with Crippen LogP contribution in [0.3, 0.4) is 0 Å². The minimum atomic E-state index is -3.39. The van der Waals surface area contributed by atoms with E-state index in [1.54, 1.807) is 24.3 Å². The zero-order valence-electron chi connectivity index (χ0n) is 11.9. The number of likely N-dealkylation sites (N-methyl/N-ethyl adjacent to an activating group) is 1. The Labute approximate surface area is 120 Å². The first-order valence-corrected chi connectivity index (χ1v) is 8.47. The average molecular weight is 298 g/mol. The van der Waals surface area contributed by atoms with E-state index in [1.807, 2.05) is 13.8 Å². The van der Waals surface area contributed by atoms with Gasteiger partial charge in [0.25, 0.3) is 0 Å². The Morgan fingerprint density at radius 3 is 2.50 bits per heavy atom. The van der Waals surface area contributed by atoms with Crippen LogP contribution in [0.25, 0.3) is 0 Å². The van der Waals surface area contributed by atoms with Crippen molar-refractivity contribution < 1.29 is 13.2 Å². The first kappa shape index (κ1) is 15.3. The molecule has 1 aromatic carbocycles. The van der Waals surface area contributed by atoms with Crippen LogP contribution in [0.1, 0.15) is 20.3 Å². The summed E-state index contributed by atoms with van der Waals surface area (Å²) < 4.78 is 32.4. The van der Waals surface area contributed by atoms with Crippen LogP contribution in [0.4, 0.5) is 0 Å². The van der Waals surface area contributed by atoms with E-state index in [0.717, 1.165) is 19.5 Å². The van der Waals surface area contributed by atoms with Gasteiger partial charge in [0, 0.05) is 12.6 Å². The second kappa shape index (κ2) is 6.56. The van der Waals surface area contributed by atoms with Crippen molar-refractivity contribution in [2.75, 3.05) is 19.7 Å². The summed E-state index contributed by atoms with van der Waals surface area (Å²) in [5.41, 5.74) is 0. The molecule has 1 fully saturated rings. The highest BCUT2D eigenvalue weighted by Gasteiger charge is 2.36. The Kier molecular flexibility index (Phi) is 5.01. The molecule has 1 aliphatic rings. The van der Waals surface area contributed by atoms with Gasteiger partial charge >= 0.3 is 0 Å². The molecule has 0 radical (unpaired) electrons. The minimum absolute atomic E-state index is 0.0936. The smallest absolute Gasteiger partial charge is 0.240 e. The maximum atomic E-state index is 12.1. The van der Waals surface area contributed by atoms with Crippen molar-refractivity contribution in [2.45, 2.75) is 31.2 Å². The van der Waals surface area contributed by atoms with Crippen LogP contribution in [-0.4, -0.2) is 34.2 Å². The lowest BCUT2D eigenvalue weighted by atomic mass is 10.3. The van der Waals surface area contributed by atoms with E-state index in [4.69, 9.17) is 4.74 Å². The van der Waals surface area contributed by atoms with E-state index in [-0.39, 0.29) is 10.9 Å². The quantitative estimate of drug-likeness (QED) is 0.711. The fourth-order valence-electron chi connectivity index (χ4n) is 1.89. The summed E-state index contributed by atoms with van der Waals surface area (Å²) in [6, 6.07) is 6.64. The molecule has 0 aromatic heterocycles. The second-order valence-corrected chi connectivity index (χ2v) is 6.83. The predicted octanol–water partition coefficient (Wildman–Crippen LogP) is 1.36. The molecule has 112 valence electrons. The highest BCUT2D eigenvalue weighted by molar-refractivity contribution is 7.89. The zero-order chi connectivity index (χ0) is 14.6. The van der Waals surface area contributed by atoms with Gasteiger partial charge in [-0.1, -0.05) is 13.8 Å². The van der Waals surface area contributed by atoms with Gasteiger partial charge in [0.15, 0.2) is 0 Å². The van der Waals surface area contributed by atoms with Gasteiger partial charge in [-0.05, 0) is 43.1 Å². The number of sulfonamides is 1. The second-order valence-electron chi connectivity index (χ2n) is 5.11. The van der Waals surface area contributed by atoms with E-state index in [1.165, 1.54) is 0 Å². The van der Waals surface area contributed by atoms with E-state index < -0.39 is 10.0 Å². The number of ether oxygens (including phenoxy) is 1. The van der Waals surface area contributed by atoms with Gasteiger partial charge in [0.2, 0.25) is 10.0 Å². The molecule has 0 aliphatic heterocycles. The van der Waals surface area contributed by atoms with Gasteiger partial charge in [-0.25, -0.2) is 13.1 Å². The molecule has 2 N–H and O–H groups in total. The highest BCUT2D eigenvalue weighted by Crippen LogP contribution is 2.30. The third kappa shape index (κ3) is 4.19. The lowest BCUT2D eigenvalue weighted by Crippen LogP contribution is -2.26. The van der Waals surface area contributed by atoms with Crippen molar-refractivity contribution in [1.29, 1.82) is 0 Å². The Morgan fingerprint density at radius 2 is 1.95 bits per heavy atom. The molecule has 2 atom stereocenters. The summed E-state index contributed by atoms with van der Waals surface area (Å²) in [7, 11) is -3.39. The Hall–Kier alpha value is -1.11. The first-order chi connectivity index (χ1) is 9.53. The van der Waals surface area contributed by atoms with Gasteiger partial charge < -0.3 is 10.1 Å². The molecule has 20 heavy (non-hydrogen) atoms. The van der Waals surface area contributed by atoms with Crippen LogP contribution in [0.5, 0.6) is 5.75 Å². The Balaban J connectivity index is 1.90.